The van der Waals surface area contributed by atoms with Gasteiger partial charge in [-0.3, -0.25) is 4.79 Å². The maximum absolute atomic E-state index is 12.1. The molecule has 1 aromatic rings. The van der Waals surface area contributed by atoms with Gasteiger partial charge in [0.15, 0.2) is 6.10 Å². The number of hydrogen-bond donors (Lipinski definition) is 1. The molecular weight excluding hydrogens is 230 g/mol. The van der Waals surface area contributed by atoms with Crippen LogP contribution in [-0.2, 0) is 4.79 Å². The molecule has 1 aliphatic rings. The highest BCUT2D eigenvalue weighted by Crippen LogP contribution is 2.35. The Morgan fingerprint density at radius 2 is 2.33 bits per heavy atom. The number of nitrogens with zero attached hydrogens (tertiary/aromatic N) is 2. The molecule has 2 N–H and O–H groups in total. The normalized spacial score (nSPS) is 17.9. The number of ether oxygens (including phenoxy) is 1. The van der Waals surface area contributed by atoms with Gasteiger partial charge in [0.05, 0.1) is 11.8 Å². The average Bonchev–Trinajstić information content (AvgIpc) is 2.35. The summed E-state index contributed by atoms with van der Waals surface area (Å²) in [7, 11) is 0. The number of rotatable bonds is 3. The number of hydrogen-bond acceptors (Lipinski definition) is 4. The number of nitrogen functional groups attached to an aromatic ring is 1. The van der Waals surface area contributed by atoms with Crippen molar-refractivity contribution in [1.82, 2.24) is 0 Å². The zero-order valence-electron chi connectivity index (χ0n) is 10.2. The molecule has 1 heterocycles. The summed E-state index contributed by atoms with van der Waals surface area (Å²) >= 11 is 0. The fourth-order valence-electron chi connectivity index (χ4n) is 1.97. The third-order valence-electron chi connectivity index (χ3n) is 2.86. The topological polar surface area (TPSA) is 79.3 Å². The maximum Gasteiger partial charge on any atom is 0.267 e. The summed E-state index contributed by atoms with van der Waals surface area (Å²) in [6.45, 7) is 2.23. The first-order valence-corrected chi connectivity index (χ1v) is 5.88. The minimum atomic E-state index is -0.497. The Labute approximate surface area is 106 Å². The number of carbonyl (C=O) groups is 1. The van der Waals surface area contributed by atoms with Gasteiger partial charge in [-0.05, 0) is 31.5 Å². The van der Waals surface area contributed by atoms with E-state index in [2.05, 4.69) is 6.07 Å². The van der Waals surface area contributed by atoms with Crippen molar-refractivity contribution in [3.63, 3.8) is 0 Å². The van der Waals surface area contributed by atoms with Crippen molar-refractivity contribution in [1.29, 1.82) is 5.26 Å². The molecule has 0 radical (unpaired) electrons. The summed E-state index contributed by atoms with van der Waals surface area (Å²) in [5.41, 5.74) is 7.01. The van der Waals surface area contributed by atoms with Crippen molar-refractivity contribution < 1.29 is 9.53 Å². The van der Waals surface area contributed by atoms with E-state index in [0.717, 1.165) is 0 Å². The van der Waals surface area contributed by atoms with Crippen molar-refractivity contribution >= 4 is 17.3 Å². The van der Waals surface area contributed by atoms with Crippen molar-refractivity contribution in [3.8, 4) is 11.8 Å². The van der Waals surface area contributed by atoms with E-state index in [0.29, 0.717) is 36.5 Å². The first-order chi connectivity index (χ1) is 8.63. The van der Waals surface area contributed by atoms with Gasteiger partial charge in [0.25, 0.3) is 5.91 Å². The second-order valence-electron chi connectivity index (χ2n) is 4.24. The van der Waals surface area contributed by atoms with E-state index >= 15 is 0 Å². The monoisotopic (exact) mass is 245 g/mol. The van der Waals surface area contributed by atoms with Crippen LogP contribution in [0, 0.1) is 11.3 Å². The Kier molecular flexibility index (Phi) is 3.38. The molecule has 2 rings (SSSR count). The van der Waals surface area contributed by atoms with E-state index in [1.165, 1.54) is 0 Å². The third kappa shape index (κ3) is 2.23. The van der Waals surface area contributed by atoms with E-state index in [1.54, 1.807) is 30.0 Å². The van der Waals surface area contributed by atoms with Gasteiger partial charge < -0.3 is 15.4 Å². The molecule has 1 aliphatic heterocycles. The van der Waals surface area contributed by atoms with Gasteiger partial charge in [-0.2, -0.15) is 5.26 Å². The number of amides is 1. The molecule has 0 saturated heterocycles. The predicted octanol–water partition coefficient (Wildman–Crippen LogP) is 1.69. The number of nitrogens with two attached hydrogens (primary N) is 1. The van der Waals surface area contributed by atoms with Crippen molar-refractivity contribution in [3.05, 3.63) is 18.2 Å². The second-order valence-corrected chi connectivity index (χ2v) is 4.24. The van der Waals surface area contributed by atoms with Crippen LogP contribution in [0.1, 0.15) is 19.8 Å². The summed E-state index contributed by atoms with van der Waals surface area (Å²) in [4.78, 5) is 13.7. The summed E-state index contributed by atoms with van der Waals surface area (Å²) < 4.78 is 5.52. The molecule has 0 bridgehead atoms. The zero-order chi connectivity index (χ0) is 13.1. The van der Waals surface area contributed by atoms with Crippen LogP contribution < -0.4 is 15.4 Å². The van der Waals surface area contributed by atoms with Gasteiger partial charge in [0.1, 0.15) is 5.75 Å². The van der Waals surface area contributed by atoms with Crippen LogP contribution in [0.3, 0.4) is 0 Å². The molecule has 18 heavy (non-hydrogen) atoms. The Hall–Kier alpha value is -2.22. The molecule has 0 spiro atoms. The number of carbonyl (C=O) groups excluding carboxylic acids is 1. The van der Waals surface area contributed by atoms with Crippen LogP contribution in [0.4, 0.5) is 11.4 Å². The highest BCUT2D eigenvalue weighted by molar-refractivity contribution is 6.00. The van der Waals surface area contributed by atoms with E-state index in [4.69, 9.17) is 15.7 Å². The lowest BCUT2D eigenvalue weighted by molar-refractivity contribution is -0.125. The fraction of sp³-hybridized carbons (Fsp3) is 0.385. The molecular formula is C13H15N3O2. The molecule has 1 atom stereocenters. The standard InChI is InChI=1S/C13H15N3O2/c1-9-13(17)16(7-3-2-6-14)11-8-10(15)4-5-12(11)18-9/h4-5,8-9H,2-3,7,15H2,1H3. The Bertz CT molecular complexity index is 507. The molecule has 1 aromatic carbocycles. The van der Waals surface area contributed by atoms with Gasteiger partial charge in [0, 0.05) is 18.7 Å². The van der Waals surface area contributed by atoms with Crippen LogP contribution in [0.15, 0.2) is 18.2 Å². The number of anilines is 2. The van der Waals surface area contributed by atoms with Crippen LogP contribution in [0.25, 0.3) is 0 Å². The summed E-state index contributed by atoms with van der Waals surface area (Å²) in [5.74, 6) is 0.569. The van der Waals surface area contributed by atoms with E-state index in [1.807, 2.05) is 0 Å². The first kappa shape index (κ1) is 12.2. The smallest absolute Gasteiger partial charge is 0.267 e. The van der Waals surface area contributed by atoms with Gasteiger partial charge in [0.2, 0.25) is 0 Å². The maximum atomic E-state index is 12.1. The lowest BCUT2D eigenvalue weighted by atomic mass is 10.1. The zero-order valence-corrected chi connectivity index (χ0v) is 10.2. The van der Waals surface area contributed by atoms with Crippen molar-refractivity contribution in [2.75, 3.05) is 17.2 Å². The summed E-state index contributed by atoms with van der Waals surface area (Å²) in [6.07, 6.45) is 0.572. The highest BCUT2D eigenvalue weighted by Gasteiger charge is 2.31. The van der Waals surface area contributed by atoms with E-state index < -0.39 is 6.10 Å². The average molecular weight is 245 g/mol. The van der Waals surface area contributed by atoms with Crippen LogP contribution in [0.2, 0.25) is 0 Å². The lowest BCUT2D eigenvalue weighted by Crippen LogP contribution is -2.44. The van der Waals surface area contributed by atoms with Gasteiger partial charge >= 0.3 is 0 Å². The molecule has 1 amide bonds. The molecule has 94 valence electrons. The molecule has 0 aromatic heterocycles. The van der Waals surface area contributed by atoms with Crippen molar-refractivity contribution in [2.45, 2.75) is 25.9 Å². The molecule has 0 saturated carbocycles. The van der Waals surface area contributed by atoms with Crippen LogP contribution >= 0.6 is 0 Å². The van der Waals surface area contributed by atoms with E-state index in [-0.39, 0.29) is 5.91 Å². The van der Waals surface area contributed by atoms with Gasteiger partial charge in [-0.15, -0.1) is 0 Å². The van der Waals surface area contributed by atoms with Crippen LogP contribution in [0.5, 0.6) is 5.75 Å². The lowest BCUT2D eigenvalue weighted by Gasteiger charge is -2.33. The van der Waals surface area contributed by atoms with E-state index in [9.17, 15) is 4.79 Å². The SMILES string of the molecule is CC1Oc2ccc(N)cc2N(CCCC#N)C1=O. The Morgan fingerprint density at radius 3 is 3.06 bits per heavy atom. The molecule has 0 fully saturated rings. The largest absolute Gasteiger partial charge is 0.479 e. The number of unbranched alkanes of at least 4 members (excludes halogenated alkanes) is 1. The van der Waals surface area contributed by atoms with Gasteiger partial charge in [-0.25, -0.2) is 0 Å². The fourth-order valence-corrected chi connectivity index (χ4v) is 1.97. The van der Waals surface area contributed by atoms with Gasteiger partial charge in [-0.1, -0.05) is 0 Å². The molecule has 1 unspecified atom stereocenters. The number of benzene rings is 1. The Morgan fingerprint density at radius 1 is 1.56 bits per heavy atom. The first-order valence-electron chi connectivity index (χ1n) is 5.88. The third-order valence-corrected chi connectivity index (χ3v) is 2.86. The minimum absolute atomic E-state index is 0.0916. The number of fused-ring (bicyclic) bond motifs is 1. The minimum Gasteiger partial charge on any atom is -0.479 e. The highest BCUT2D eigenvalue weighted by atomic mass is 16.5. The quantitative estimate of drug-likeness (QED) is 0.649. The molecule has 0 aliphatic carbocycles. The van der Waals surface area contributed by atoms with Crippen molar-refractivity contribution in [2.24, 2.45) is 0 Å². The second kappa shape index (κ2) is 4.96. The number of nitriles is 1. The summed E-state index contributed by atoms with van der Waals surface area (Å²) in [5, 5.41) is 8.55. The Balaban J connectivity index is 2.29. The van der Waals surface area contributed by atoms with Crippen LogP contribution in [-0.4, -0.2) is 18.6 Å². The predicted molar refractivity (Wildman–Crippen MR) is 68.1 cm³/mol. The molecule has 5 nitrogen and oxygen atoms in total. The molecule has 5 heteroatoms. The summed E-state index contributed by atoms with van der Waals surface area (Å²) in [6, 6.07) is 7.32.